The van der Waals surface area contributed by atoms with E-state index in [1.165, 1.54) is 51.4 Å². The summed E-state index contributed by atoms with van der Waals surface area (Å²) < 4.78 is 0. The van der Waals surface area contributed by atoms with Gasteiger partial charge in [-0.05, 0) is 39.0 Å². The molecule has 4 nitrogen and oxygen atoms in total. The number of aliphatic carboxylic acids is 1. The zero-order valence-corrected chi connectivity index (χ0v) is 15.9. The highest BCUT2D eigenvalue weighted by Crippen LogP contribution is 2.29. The minimum Gasteiger partial charge on any atom is -0.481 e. The van der Waals surface area contributed by atoms with Crippen molar-refractivity contribution >= 4 is 5.97 Å². The summed E-state index contributed by atoms with van der Waals surface area (Å²) in [4.78, 5) is 11.3. The molecule has 0 fully saturated rings. The first kappa shape index (κ1) is 24.6. The van der Waals surface area contributed by atoms with Gasteiger partial charge in [-0.2, -0.15) is 0 Å². The molecule has 0 radical (unpaired) electrons. The number of nitrogens with two attached hydrogens (primary N) is 1. The minimum absolute atomic E-state index is 0. The third-order valence-corrected chi connectivity index (χ3v) is 4.87. The van der Waals surface area contributed by atoms with Crippen LogP contribution in [0.2, 0.25) is 0 Å². The summed E-state index contributed by atoms with van der Waals surface area (Å²) in [5.41, 5.74) is 6.00. The summed E-state index contributed by atoms with van der Waals surface area (Å²) in [5.74, 6) is -0.622. The van der Waals surface area contributed by atoms with Gasteiger partial charge in [0, 0.05) is 5.54 Å². The molecule has 0 spiro atoms. The fraction of sp³-hybridized carbons (Fsp3) is 0.947. The lowest BCUT2D eigenvalue weighted by Crippen LogP contribution is -2.42. The molecule has 0 aliphatic carbocycles. The Morgan fingerprint density at radius 2 is 1.48 bits per heavy atom. The summed E-state index contributed by atoms with van der Waals surface area (Å²) in [6, 6.07) is 0. The van der Waals surface area contributed by atoms with Gasteiger partial charge in [-0.15, -0.1) is 0 Å². The zero-order chi connectivity index (χ0) is 17.0. The highest BCUT2D eigenvalue weighted by molar-refractivity contribution is 5.69. The van der Waals surface area contributed by atoms with E-state index in [4.69, 9.17) is 5.73 Å². The van der Waals surface area contributed by atoms with E-state index >= 15 is 0 Å². The van der Waals surface area contributed by atoms with Crippen molar-refractivity contribution in [2.24, 2.45) is 17.6 Å². The van der Waals surface area contributed by atoms with E-state index in [9.17, 15) is 9.90 Å². The van der Waals surface area contributed by atoms with Gasteiger partial charge in [0.15, 0.2) is 0 Å². The monoisotopic (exact) mass is 331 g/mol. The highest BCUT2D eigenvalue weighted by Gasteiger charge is 2.29. The minimum atomic E-state index is -0.673. The second-order valence-electron chi connectivity index (χ2n) is 7.46. The van der Waals surface area contributed by atoms with E-state index in [2.05, 4.69) is 6.92 Å². The van der Waals surface area contributed by atoms with Gasteiger partial charge in [-0.3, -0.25) is 4.79 Å². The summed E-state index contributed by atoms with van der Waals surface area (Å²) in [5, 5.41) is 9.26. The normalized spacial score (nSPS) is 14.1. The molecule has 2 atom stereocenters. The van der Waals surface area contributed by atoms with Crippen molar-refractivity contribution in [1.82, 2.24) is 0 Å². The van der Waals surface area contributed by atoms with Crippen LogP contribution in [-0.2, 0) is 4.79 Å². The van der Waals surface area contributed by atoms with Gasteiger partial charge in [0.2, 0.25) is 0 Å². The first-order chi connectivity index (χ1) is 10.3. The number of unbranched alkanes of at least 4 members (excludes halogenated alkanes) is 7. The standard InChI is InChI=1S/C19H39NO2.H2O/c1-5-7-8-9-10-11-12-13-14-17(19(3,4)20)15-16(6-2)18(21)22;/h16-17H,5-15,20H2,1-4H3,(H,21,22);1H2. The summed E-state index contributed by atoms with van der Waals surface area (Å²) in [7, 11) is 0. The van der Waals surface area contributed by atoms with Gasteiger partial charge in [-0.25, -0.2) is 0 Å². The molecule has 0 amide bonds. The van der Waals surface area contributed by atoms with Crippen LogP contribution in [0.4, 0.5) is 0 Å². The van der Waals surface area contributed by atoms with Crippen LogP contribution in [0.25, 0.3) is 0 Å². The maximum atomic E-state index is 11.3. The van der Waals surface area contributed by atoms with Crippen LogP contribution in [0.5, 0.6) is 0 Å². The van der Waals surface area contributed by atoms with Gasteiger partial charge in [0.1, 0.15) is 0 Å². The van der Waals surface area contributed by atoms with Crippen molar-refractivity contribution in [1.29, 1.82) is 0 Å². The fourth-order valence-corrected chi connectivity index (χ4v) is 3.10. The molecule has 0 bridgehead atoms. The second-order valence-corrected chi connectivity index (χ2v) is 7.46. The van der Waals surface area contributed by atoms with Crippen LogP contribution in [0.15, 0.2) is 0 Å². The Morgan fingerprint density at radius 1 is 1.00 bits per heavy atom. The summed E-state index contributed by atoms with van der Waals surface area (Å²) in [6.07, 6.45) is 12.9. The first-order valence-corrected chi connectivity index (χ1v) is 9.34. The van der Waals surface area contributed by atoms with Crippen molar-refractivity contribution in [3.8, 4) is 0 Å². The molecule has 140 valence electrons. The van der Waals surface area contributed by atoms with Crippen molar-refractivity contribution in [3.63, 3.8) is 0 Å². The second kappa shape index (κ2) is 13.8. The largest absolute Gasteiger partial charge is 0.481 e. The molecule has 23 heavy (non-hydrogen) atoms. The number of carboxylic acids is 1. The van der Waals surface area contributed by atoms with E-state index in [1.807, 2.05) is 20.8 Å². The van der Waals surface area contributed by atoms with Gasteiger partial charge in [-0.1, -0.05) is 65.2 Å². The van der Waals surface area contributed by atoms with E-state index in [0.29, 0.717) is 18.8 Å². The molecule has 0 heterocycles. The van der Waals surface area contributed by atoms with Crippen LogP contribution < -0.4 is 5.73 Å². The highest BCUT2D eigenvalue weighted by atomic mass is 16.4. The topological polar surface area (TPSA) is 94.8 Å². The van der Waals surface area contributed by atoms with E-state index in [1.54, 1.807) is 0 Å². The zero-order valence-electron chi connectivity index (χ0n) is 15.9. The third-order valence-electron chi connectivity index (χ3n) is 4.87. The molecule has 0 rings (SSSR count). The molecule has 0 aromatic rings. The lowest BCUT2D eigenvalue weighted by molar-refractivity contribution is -0.142. The van der Waals surface area contributed by atoms with Crippen LogP contribution in [0, 0.1) is 11.8 Å². The molecule has 4 heteroatoms. The van der Waals surface area contributed by atoms with Crippen molar-refractivity contribution < 1.29 is 15.4 Å². The molecule has 0 aliphatic rings. The molecule has 0 saturated carbocycles. The maximum Gasteiger partial charge on any atom is 0.306 e. The van der Waals surface area contributed by atoms with E-state index in [0.717, 1.165) is 6.42 Å². The van der Waals surface area contributed by atoms with E-state index in [-0.39, 0.29) is 16.9 Å². The smallest absolute Gasteiger partial charge is 0.306 e. The number of hydrogen-bond donors (Lipinski definition) is 2. The predicted octanol–water partition coefficient (Wildman–Crippen LogP) is 4.55. The quantitative estimate of drug-likeness (QED) is 0.457. The van der Waals surface area contributed by atoms with Gasteiger partial charge < -0.3 is 16.3 Å². The Kier molecular flexibility index (Phi) is 14.8. The molecule has 0 aromatic carbocycles. The van der Waals surface area contributed by atoms with Crippen LogP contribution in [0.1, 0.15) is 98.3 Å². The number of carbonyl (C=O) groups is 1. The average Bonchev–Trinajstić information content (AvgIpc) is 2.43. The van der Waals surface area contributed by atoms with Crippen LogP contribution in [-0.4, -0.2) is 22.1 Å². The lowest BCUT2D eigenvalue weighted by Gasteiger charge is -2.32. The SMILES string of the molecule is CCCCCCCCCCC(CC(CC)C(=O)O)C(C)(C)N.O. The van der Waals surface area contributed by atoms with Gasteiger partial charge >= 0.3 is 5.97 Å². The molecular formula is C19H41NO3. The Hall–Kier alpha value is -0.610. The fourth-order valence-electron chi connectivity index (χ4n) is 3.10. The molecule has 0 aliphatic heterocycles. The van der Waals surface area contributed by atoms with Crippen molar-refractivity contribution in [3.05, 3.63) is 0 Å². The maximum absolute atomic E-state index is 11.3. The Labute approximate surface area is 143 Å². The number of hydrogen-bond acceptors (Lipinski definition) is 2. The molecule has 0 saturated heterocycles. The van der Waals surface area contributed by atoms with Gasteiger partial charge in [0.25, 0.3) is 0 Å². The van der Waals surface area contributed by atoms with E-state index < -0.39 is 5.97 Å². The number of rotatable bonds is 14. The molecule has 0 aromatic heterocycles. The predicted molar refractivity (Wildman–Crippen MR) is 98.6 cm³/mol. The van der Waals surface area contributed by atoms with Crippen LogP contribution >= 0.6 is 0 Å². The van der Waals surface area contributed by atoms with Gasteiger partial charge in [0.05, 0.1) is 5.92 Å². The Morgan fingerprint density at radius 3 is 1.87 bits per heavy atom. The molecule has 5 N–H and O–H groups in total. The first-order valence-electron chi connectivity index (χ1n) is 9.34. The van der Waals surface area contributed by atoms with Crippen molar-refractivity contribution in [2.75, 3.05) is 0 Å². The molecular weight excluding hydrogens is 290 g/mol. The average molecular weight is 332 g/mol. The third kappa shape index (κ3) is 12.5. The van der Waals surface area contributed by atoms with Crippen LogP contribution in [0.3, 0.4) is 0 Å². The number of carboxylic acid groups (broad SMARTS) is 1. The Balaban J connectivity index is 0. The lowest BCUT2D eigenvalue weighted by atomic mass is 9.77. The summed E-state index contributed by atoms with van der Waals surface area (Å²) >= 11 is 0. The Bertz CT molecular complexity index is 287. The molecule has 2 unspecified atom stereocenters. The van der Waals surface area contributed by atoms with Crippen molar-refractivity contribution in [2.45, 2.75) is 104 Å². The summed E-state index contributed by atoms with van der Waals surface area (Å²) in [6.45, 7) is 8.28.